The van der Waals surface area contributed by atoms with E-state index in [-0.39, 0.29) is 28.0 Å². The van der Waals surface area contributed by atoms with E-state index in [1.165, 1.54) is 33.5 Å². The van der Waals surface area contributed by atoms with Gasteiger partial charge in [-0.15, -0.1) is 0 Å². The third-order valence-electron chi connectivity index (χ3n) is 7.71. The van der Waals surface area contributed by atoms with Gasteiger partial charge >= 0.3 is 0 Å². The molecule has 0 spiro atoms. The molecule has 15 heteroatoms. The van der Waals surface area contributed by atoms with E-state index < -0.39 is 79.2 Å². The second kappa shape index (κ2) is 12.8. The fraction of sp³-hybridized carbons (Fsp3) is 0.483. The largest absolute Gasteiger partial charge is 0.504 e. The van der Waals surface area contributed by atoms with Crippen LogP contribution in [0.15, 0.2) is 45.8 Å². The lowest BCUT2D eigenvalue weighted by Gasteiger charge is -2.42. The SMILES string of the molecule is COc1ccc(-c2coc3cc(O[C@@H]4O[C@H](CO[C@@H]5O[C@H](C)[C@@H](O)[C@@H](O)[C@H]5O)[C@@H](O)[C@@H](O)[C@H]4O)c(OC)c(O)c3c2=O)cc1. The monoisotopic (exact) mass is 622 g/mol. The molecule has 2 saturated heterocycles. The van der Waals surface area contributed by atoms with Crippen LogP contribution in [-0.2, 0) is 14.2 Å². The minimum atomic E-state index is -1.80. The summed E-state index contributed by atoms with van der Waals surface area (Å²) in [6.45, 7) is 0.950. The van der Waals surface area contributed by atoms with E-state index in [2.05, 4.69) is 0 Å². The molecule has 7 N–H and O–H groups in total. The third-order valence-corrected chi connectivity index (χ3v) is 7.71. The molecule has 15 nitrogen and oxygen atoms in total. The average Bonchev–Trinajstić information content (AvgIpc) is 3.02. The van der Waals surface area contributed by atoms with Crippen LogP contribution in [0.1, 0.15) is 6.92 Å². The van der Waals surface area contributed by atoms with Gasteiger partial charge in [0.25, 0.3) is 0 Å². The van der Waals surface area contributed by atoms with Gasteiger partial charge < -0.3 is 68.6 Å². The molecule has 2 aliphatic rings. The zero-order valence-electron chi connectivity index (χ0n) is 23.8. The summed E-state index contributed by atoms with van der Waals surface area (Å²) in [5, 5.41) is 72.6. The number of methoxy groups -OCH3 is 2. The number of hydrogen-bond donors (Lipinski definition) is 7. The molecule has 0 amide bonds. The van der Waals surface area contributed by atoms with Crippen LogP contribution in [0.25, 0.3) is 22.1 Å². The zero-order chi connectivity index (χ0) is 31.9. The molecule has 0 radical (unpaired) electrons. The standard InChI is InChI=1S/C29H34O15/c1-11-19(30)23(34)25(36)28(42-11)41-10-17-21(32)24(35)26(37)29(44-17)43-16-8-15-18(22(33)27(16)39-3)20(31)14(9-40-15)12-4-6-13(38-2)7-5-12/h4-9,11,17,19,21,23-26,28-30,32-37H,10H2,1-3H3/t11-,17-,19-,21-,23-,24-,25-,26-,28-,29-/m1/s1. The van der Waals surface area contributed by atoms with Crippen molar-refractivity contribution in [3.8, 4) is 34.1 Å². The first-order valence-electron chi connectivity index (χ1n) is 13.6. The maximum absolute atomic E-state index is 13.4. The number of aliphatic hydroxyl groups is 6. The lowest BCUT2D eigenvalue weighted by atomic mass is 9.98. The normalized spacial score (nSPS) is 32.4. The number of fused-ring (bicyclic) bond motifs is 1. The van der Waals surface area contributed by atoms with Gasteiger partial charge in [0.1, 0.15) is 65.7 Å². The van der Waals surface area contributed by atoms with Crippen LogP contribution in [0.3, 0.4) is 0 Å². The molecule has 0 unspecified atom stereocenters. The minimum Gasteiger partial charge on any atom is -0.504 e. The molecule has 0 aliphatic carbocycles. The van der Waals surface area contributed by atoms with Gasteiger partial charge in [0.15, 0.2) is 17.8 Å². The predicted molar refractivity (Wildman–Crippen MR) is 148 cm³/mol. The Bertz CT molecular complexity index is 1510. The van der Waals surface area contributed by atoms with Crippen molar-refractivity contribution in [1.82, 2.24) is 0 Å². The summed E-state index contributed by atoms with van der Waals surface area (Å²) in [5.41, 5.74) is -0.00112. The van der Waals surface area contributed by atoms with E-state index in [1.54, 1.807) is 24.3 Å². The summed E-state index contributed by atoms with van der Waals surface area (Å²) in [5.74, 6) is -0.576. The summed E-state index contributed by atoms with van der Waals surface area (Å²) >= 11 is 0. The molecule has 10 atom stereocenters. The molecule has 0 saturated carbocycles. The number of rotatable bonds is 8. The Hall–Kier alpha value is -3.51. The highest BCUT2D eigenvalue weighted by Gasteiger charge is 2.47. The van der Waals surface area contributed by atoms with Gasteiger partial charge in [0.2, 0.25) is 17.5 Å². The molecule has 3 heterocycles. The molecule has 5 rings (SSSR count). The van der Waals surface area contributed by atoms with E-state index in [1.807, 2.05) is 0 Å². The predicted octanol–water partition coefficient (Wildman–Crippen LogP) is -0.787. The maximum atomic E-state index is 13.4. The summed E-state index contributed by atoms with van der Waals surface area (Å²) < 4.78 is 38.4. The van der Waals surface area contributed by atoms with Crippen molar-refractivity contribution in [2.24, 2.45) is 0 Å². The molecule has 2 aliphatic heterocycles. The van der Waals surface area contributed by atoms with Crippen molar-refractivity contribution in [3.05, 3.63) is 46.8 Å². The molecule has 3 aromatic rings. The Morgan fingerprint density at radius 3 is 2.14 bits per heavy atom. The van der Waals surface area contributed by atoms with Gasteiger partial charge in [0, 0.05) is 6.07 Å². The summed E-state index contributed by atoms with van der Waals surface area (Å²) in [4.78, 5) is 13.4. The van der Waals surface area contributed by atoms with Crippen molar-refractivity contribution in [1.29, 1.82) is 0 Å². The molecular weight excluding hydrogens is 588 g/mol. The van der Waals surface area contributed by atoms with Crippen LogP contribution < -0.4 is 19.6 Å². The number of phenols is 1. The number of aromatic hydroxyl groups is 1. The van der Waals surface area contributed by atoms with E-state index in [9.17, 15) is 40.5 Å². The molecule has 2 fully saturated rings. The zero-order valence-corrected chi connectivity index (χ0v) is 23.8. The van der Waals surface area contributed by atoms with E-state index in [0.717, 1.165) is 0 Å². The van der Waals surface area contributed by atoms with Crippen molar-refractivity contribution in [3.63, 3.8) is 0 Å². The van der Waals surface area contributed by atoms with Crippen molar-refractivity contribution in [2.45, 2.75) is 68.3 Å². The van der Waals surface area contributed by atoms with Gasteiger partial charge in [-0.1, -0.05) is 12.1 Å². The van der Waals surface area contributed by atoms with Crippen LogP contribution in [0, 0.1) is 0 Å². The highest BCUT2D eigenvalue weighted by atomic mass is 16.7. The Morgan fingerprint density at radius 2 is 1.48 bits per heavy atom. The smallest absolute Gasteiger partial charge is 0.229 e. The number of aliphatic hydroxyl groups excluding tert-OH is 6. The summed E-state index contributed by atoms with van der Waals surface area (Å²) in [6, 6.07) is 7.85. The Balaban J connectivity index is 1.39. The molecule has 2 aromatic carbocycles. The Morgan fingerprint density at radius 1 is 0.818 bits per heavy atom. The second-order valence-corrected chi connectivity index (χ2v) is 10.5. The van der Waals surface area contributed by atoms with Gasteiger partial charge in [-0.25, -0.2) is 0 Å². The lowest BCUT2D eigenvalue weighted by Crippen LogP contribution is -2.61. The fourth-order valence-electron chi connectivity index (χ4n) is 5.10. The topological polar surface area (TPSA) is 227 Å². The Kier molecular flexibility index (Phi) is 9.31. The molecular formula is C29H34O15. The first-order valence-corrected chi connectivity index (χ1v) is 13.6. The van der Waals surface area contributed by atoms with E-state index in [0.29, 0.717) is 11.3 Å². The summed E-state index contributed by atoms with van der Waals surface area (Å²) in [7, 11) is 2.71. The lowest BCUT2D eigenvalue weighted by molar-refractivity contribution is -0.318. The van der Waals surface area contributed by atoms with Crippen molar-refractivity contribution in [2.75, 3.05) is 20.8 Å². The summed E-state index contributed by atoms with van der Waals surface area (Å²) in [6.07, 6.45) is -13.9. The van der Waals surface area contributed by atoms with Crippen molar-refractivity contribution >= 4 is 11.0 Å². The van der Waals surface area contributed by atoms with Crippen LogP contribution >= 0.6 is 0 Å². The minimum absolute atomic E-state index is 0.0929. The quantitative estimate of drug-likeness (QED) is 0.163. The maximum Gasteiger partial charge on any atom is 0.229 e. The Labute approximate surface area is 249 Å². The molecule has 44 heavy (non-hydrogen) atoms. The highest BCUT2D eigenvalue weighted by Crippen LogP contribution is 2.43. The van der Waals surface area contributed by atoms with E-state index in [4.69, 9.17) is 32.8 Å². The number of phenolic OH excluding ortho intramolecular Hbond substituents is 1. The van der Waals surface area contributed by atoms with Gasteiger partial charge in [-0.05, 0) is 24.6 Å². The van der Waals surface area contributed by atoms with Gasteiger partial charge in [-0.2, -0.15) is 0 Å². The van der Waals surface area contributed by atoms with Crippen LogP contribution in [0.5, 0.6) is 23.0 Å². The van der Waals surface area contributed by atoms with Crippen LogP contribution in [-0.4, -0.2) is 118 Å². The molecule has 240 valence electrons. The highest BCUT2D eigenvalue weighted by molar-refractivity contribution is 5.91. The first-order chi connectivity index (χ1) is 21.0. The average molecular weight is 623 g/mol. The van der Waals surface area contributed by atoms with E-state index >= 15 is 0 Å². The third kappa shape index (κ3) is 5.81. The second-order valence-electron chi connectivity index (χ2n) is 10.5. The molecule has 1 aromatic heterocycles. The number of benzene rings is 2. The van der Waals surface area contributed by atoms with Crippen LogP contribution in [0.2, 0.25) is 0 Å². The van der Waals surface area contributed by atoms with Gasteiger partial charge in [0.05, 0.1) is 32.5 Å². The molecule has 0 bridgehead atoms. The van der Waals surface area contributed by atoms with Crippen LogP contribution in [0.4, 0.5) is 0 Å². The number of hydrogen-bond acceptors (Lipinski definition) is 15. The fourth-order valence-corrected chi connectivity index (χ4v) is 5.10. The van der Waals surface area contributed by atoms with Gasteiger partial charge in [-0.3, -0.25) is 4.79 Å². The first kappa shape index (κ1) is 31.9. The number of ether oxygens (including phenoxy) is 6. The van der Waals surface area contributed by atoms with Crippen molar-refractivity contribution < 1.29 is 68.6 Å².